The minimum absolute atomic E-state index is 0.158. The summed E-state index contributed by atoms with van der Waals surface area (Å²) in [6.07, 6.45) is 2.08. The zero-order chi connectivity index (χ0) is 26.2. The van der Waals surface area contributed by atoms with Gasteiger partial charge in [0.05, 0.1) is 0 Å². The fraction of sp³-hybridized carbons (Fsp3) is 0.522. The van der Waals surface area contributed by atoms with Gasteiger partial charge >= 0.3 is 5.97 Å². The molecule has 0 aliphatic rings. The van der Waals surface area contributed by atoms with Gasteiger partial charge in [-0.2, -0.15) is 0 Å². The number of carboxylic acids is 1. The number of carboxylic acid groups (broad SMARTS) is 1. The summed E-state index contributed by atoms with van der Waals surface area (Å²) in [6, 6.07) is 5.98. The Morgan fingerprint density at radius 2 is 1.51 bits per heavy atom. The van der Waals surface area contributed by atoms with Gasteiger partial charge in [-0.05, 0) is 44.2 Å². The summed E-state index contributed by atoms with van der Waals surface area (Å²) >= 11 is 0. The maximum atomic E-state index is 13.1. The van der Waals surface area contributed by atoms with Gasteiger partial charge in [0.25, 0.3) is 0 Å². The van der Waals surface area contributed by atoms with Crippen LogP contribution in [0.15, 0.2) is 30.3 Å². The van der Waals surface area contributed by atoms with Crippen LogP contribution in [0, 0.1) is 5.41 Å². The van der Waals surface area contributed by atoms with Crippen LogP contribution in [-0.2, 0) is 25.6 Å². The van der Waals surface area contributed by atoms with E-state index in [0.29, 0.717) is 25.8 Å². The first kappa shape index (κ1) is 29.4. The van der Waals surface area contributed by atoms with Gasteiger partial charge in [-0.15, -0.1) is 0 Å². The summed E-state index contributed by atoms with van der Waals surface area (Å²) in [5, 5.41) is 27.1. The molecule has 0 aromatic heterocycles. The monoisotopic (exact) mass is 491 g/mol. The lowest BCUT2D eigenvalue weighted by Gasteiger charge is -2.24. The average Bonchev–Trinajstić information content (AvgIpc) is 2.79. The molecule has 1 rings (SSSR count). The topological polar surface area (TPSA) is 213 Å². The molecule has 10 N–H and O–H groups in total. The number of nitrogens with two attached hydrogens (primary N) is 2. The summed E-state index contributed by atoms with van der Waals surface area (Å²) in [6.45, 7) is 1.99. The zero-order valence-electron chi connectivity index (χ0n) is 20.0. The van der Waals surface area contributed by atoms with Crippen molar-refractivity contribution in [3.63, 3.8) is 0 Å². The molecule has 0 unspecified atom stereocenters. The molecule has 0 saturated heterocycles. The van der Waals surface area contributed by atoms with Crippen LogP contribution in [0.5, 0.6) is 0 Å². The number of aliphatic carboxylic acids is 1. The Morgan fingerprint density at radius 1 is 0.914 bits per heavy atom. The molecule has 0 saturated carbocycles. The van der Waals surface area contributed by atoms with Crippen LogP contribution in [0.1, 0.15) is 44.6 Å². The van der Waals surface area contributed by atoms with Crippen molar-refractivity contribution in [2.75, 3.05) is 13.1 Å². The van der Waals surface area contributed by atoms with E-state index in [1.165, 1.54) is 6.92 Å². The van der Waals surface area contributed by atoms with E-state index in [0.717, 1.165) is 5.56 Å². The number of hydrogen-bond donors (Lipinski definition) is 8. The Balaban J connectivity index is 2.96. The summed E-state index contributed by atoms with van der Waals surface area (Å²) in [7, 11) is 0. The molecule has 35 heavy (non-hydrogen) atoms. The van der Waals surface area contributed by atoms with Crippen molar-refractivity contribution in [1.29, 1.82) is 5.41 Å². The summed E-state index contributed by atoms with van der Waals surface area (Å²) in [4.78, 5) is 49.4. The number of guanidine groups is 1. The van der Waals surface area contributed by atoms with E-state index < -0.39 is 41.8 Å². The van der Waals surface area contributed by atoms with Crippen LogP contribution in [0.4, 0.5) is 0 Å². The molecule has 1 aromatic carbocycles. The second-order valence-electron chi connectivity index (χ2n) is 8.17. The van der Waals surface area contributed by atoms with Crippen LogP contribution >= 0.6 is 0 Å². The van der Waals surface area contributed by atoms with Crippen molar-refractivity contribution in [3.05, 3.63) is 35.9 Å². The number of amides is 3. The van der Waals surface area contributed by atoms with E-state index in [9.17, 15) is 24.3 Å². The third-order valence-corrected chi connectivity index (χ3v) is 5.16. The molecule has 12 heteroatoms. The Bertz CT molecular complexity index is 850. The minimum Gasteiger partial charge on any atom is -0.480 e. The number of benzene rings is 1. The van der Waals surface area contributed by atoms with Crippen LogP contribution in [0.25, 0.3) is 0 Å². The van der Waals surface area contributed by atoms with Gasteiger partial charge in [0.1, 0.15) is 18.1 Å². The SMILES string of the molecule is CC(=O)N[C@@H](Cc1ccccc1)C(=O)N[C@@H](CCCNC(=N)N)C(=O)N[C@@H](CCCCN)C(=O)O. The van der Waals surface area contributed by atoms with Crippen molar-refractivity contribution in [1.82, 2.24) is 21.3 Å². The lowest BCUT2D eigenvalue weighted by Crippen LogP contribution is -2.56. The van der Waals surface area contributed by atoms with Gasteiger partial charge in [-0.3, -0.25) is 19.8 Å². The lowest BCUT2D eigenvalue weighted by atomic mass is 10.0. The van der Waals surface area contributed by atoms with E-state index >= 15 is 0 Å². The van der Waals surface area contributed by atoms with Crippen molar-refractivity contribution in [2.24, 2.45) is 11.5 Å². The Morgan fingerprint density at radius 3 is 2.09 bits per heavy atom. The fourth-order valence-corrected chi connectivity index (χ4v) is 3.40. The predicted molar refractivity (Wildman–Crippen MR) is 131 cm³/mol. The highest BCUT2D eigenvalue weighted by Crippen LogP contribution is 2.07. The van der Waals surface area contributed by atoms with Gasteiger partial charge in [-0.25, -0.2) is 4.79 Å². The molecule has 0 fully saturated rings. The Kier molecular flexibility index (Phi) is 13.5. The highest BCUT2D eigenvalue weighted by Gasteiger charge is 2.29. The number of nitrogens with one attached hydrogen (secondary N) is 5. The molecular weight excluding hydrogens is 454 g/mol. The third-order valence-electron chi connectivity index (χ3n) is 5.16. The molecule has 12 nitrogen and oxygen atoms in total. The summed E-state index contributed by atoms with van der Waals surface area (Å²) in [5.41, 5.74) is 11.6. The van der Waals surface area contributed by atoms with Crippen LogP contribution < -0.4 is 32.7 Å². The van der Waals surface area contributed by atoms with E-state index in [-0.39, 0.29) is 31.8 Å². The summed E-state index contributed by atoms with van der Waals surface area (Å²) in [5.74, 6) is -3.03. The van der Waals surface area contributed by atoms with Gasteiger partial charge in [-0.1, -0.05) is 30.3 Å². The highest BCUT2D eigenvalue weighted by molar-refractivity contribution is 5.93. The minimum atomic E-state index is -1.18. The number of rotatable bonds is 16. The first-order chi connectivity index (χ1) is 16.6. The van der Waals surface area contributed by atoms with E-state index in [1.807, 2.05) is 30.3 Å². The summed E-state index contributed by atoms with van der Waals surface area (Å²) < 4.78 is 0. The van der Waals surface area contributed by atoms with Crippen molar-refractivity contribution >= 4 is 29.7 Å². The average molecular weight is 492 g/mol. The van der Waals surface area contributed by atoms with Gasteiger partial charge in [0.2, 0.25) is 17.7 Å². The smallest absolute Gasteiger partial charge is 0.326 e. The molecule has 0 spiro atoms. The molecule has 3 amide bonds. The van der Waals surface area contributed by atoms with Crippen molar-refractivity contribution in [3.8, 4) is 0 Å². The first-order valence-corrected chi connectivity index (χ1v) is 11.6. The van der Waals surface area contributed by atoms with Gasteiger partial charge in [0, 0.05) is 19.9 Å². The van der Waals surface area contributed by atoms with Crippen molar-refractivity contribution < 1.29 is 24.3 Å². The number of hydrogen-bond acceptors (Lipinski definition) is 6. The maximum Gasteiger partial charge on any atom is 0.326 e. The zero-order valence-corrected chi connectivity index (χ0v) is 20.0. The largest absolute Gasteiger partial charge is 0.480 e. The highest BCUT2D eigenvalue weighted by atomic mass is 16.4. The fourth-order valence-electron chi connectivity index (χ4n) is 3.40. The number of unbranched alkanes of at least 4 members (excludes halogenated alkanes) is 1. The molecule has 1 aromatic rings. The van der Waals surface area contributed by atoms with E-state index in [2.05, 4.69) is 21.3 Å². The molecule has 3 atom stereocenters. The molecule has 194 valence electrons. The van der Waals surface area contributed by atoms with Crippen LogP contribution in [0.2, 0.25) is 0 Å². The third kappa shape index (κ3) is 12.4. The van der Waals surface area contributed by atoms with Crippen molar-refractivity contribution in [2.45, 2.75) is 63.6 Å². The second kappa shape index (κ2) is 16.0. The number of carbonyl (C=O) groups excluding carboxylic acids is 3. The quantitative estimate of drug-likeness (QED) is 0.0829. The second-order valence-corrected chi connectivity index (χ2v) is 8.17. The molecule has 0 radical (unpaired) electrons. The normalized spacial score (nSPS) is 13.1. The Hall–Kier alpha value is -3.67. The molecule has 0 aliphatic carbocycles. The van der Waals surface area contributed by atoms with Crippen LogP contribution in [-0.4, -0.2) is 66.0 Å². The maximum absolute atomic E-state index is 13.1. The van der Waals surface area contributed by atoms with E-state index in [4.69, 9.17) is 16.9 Å². The first-order valence-electron chi connectivity index (χ1n) is 11.6. The molecule has 0 heterocycles. The van der Waals surface area contributed by atoms with Gasteiger partial charge < -0.3 is 37.8 Å². The predicted octanol–water partition coefficient (Wildman–Crippen LogP) is -0.820. The standard InChI is InChI=1S/C23H37N7O5/c1-15(31)28-19(14-16-8-3-2-4-9-16)21(33)29-17(11-7-13-27-23(25)26)20(32)30-18(22(34)35)10-5-6-12-24/h2-4,8-9,17-19H,5-7,10-14,24H2,1H3,(H,28,31)(H,29,33)(H,30,32)(H,34,35)(H4,25,26,27)/t17-,18-,19-/m0/s1. The molecular formula is C23H37N7O5. The lowest BCUT2D eigenvalue weighted by molar-refractivity contribution is -0.142. The Labute approximate surface area is 205 Å². The van der Waals surface area contributed by atoms with E-state index in [1.54, 1.807) is 0 Å². The molecule has 0 bridgehead atoms. The molecule has 0 aliphatic heterocycles. The van der Waals surface area contributed by atoms with Gasteiger partial charge in [0.15, 0.2) is 5.96 Å². The van der Waals surface area contributed by atoms with Crippen LogP contribution in [0.3, 0.4) is 0 Å². The number of carbonyl (C=O) groups is 4.